The standard InChI is InChI=1S/C13H19FN2O/c1-9(15)10-4-5-13(12(14)7-10)16-6-2-3-11(16)8-17/h4-5,7,9,11,17H,2-3,6,8,15H2,1H3. The molecule has 0 spiro atoms. The van der Waals surface area contributed by atoms with Crippen LogP contribution >= 0.6 is 0 Å². The van der Waals surface area contributed by atoms with Gasteiger partial charge in [0, 0.05) is 12.6 Å². The summed E-state index contributed by atoms with van der Waals surface area (Å²) >= 11 is 0. The minimum absolute atomic E-state index is 0.0469. The number of hydrogen-bond donors (Lipinski definition) is 2. The Bertz CT molecular complexity index is 395. The van der Waals surface area contributed by atoms with Gasteiger partial charge in [0.05, 0.1) is 18.3 Å². The number of nitrogens with two attached hydrogens (primary N) is 1. The zero-order chi connectivity index (χ0) is 12.4. The van der Waals surface area contributed by atoms with Crippen LogP contribution in [0.25, 0.3) is 0 Å². The maximum atomic E-state index is 14.0. The van der Waals surface area contributed by atoms with E-state index in [0.717, 1.165) is 24.9 Å². The third-order valence-electron chi connectivity index (χ3n) is 3.39. The smallest absolute Gasteiger partial charge is 0.146 e. The molecule has 1 fully saturated rings. The molecule has 17 heavy (non-hydrogen) atoms. The van der Waals surface area contributed by atoms with Gasteiger partial charge in [0.1, 0.15) is 5.82 Å². The average Bonchev–Trinajstić information content (AvgIpc) is 2.76. The molecule has 1 heterocycles. The van der Waals surface area contributed by atoms with Crippen LogP contribution in [0.3, 0.4) is 0 Å². The van der Waals surface area contributed by atoms with Gasteiger partial charge in [0.15, 0.2) is 0 Å². The Morgan fingerprint density at radius 1 is 1.59 bits per heavy atom. The summed E-state index contributed by atoms with van der Waals surface area (Å²) in [4.78, 5) is 1.94. The molecule has 3 N–H and O–H groups in total. The molecule has 0 aliphatic carbocycles. The van der Waals surface area contributed by atoms with Crippen LogP contribution in [0.2, 0.25) is 0 Å². The summed E-state index contributed by atoms with van der Waals surface area (Å²) in [7, 11) is 0. The number of aliphatic hydroxyl groups is 1. The van der Waals surface area contributed by atoms with Crippen molar-refractivity contribution in [3.05, 3.63) is 29.6 Å². The van der Waals surface area contributed by atoms with Crippen molar-refractivity contribution in [2.45, 2.75) is 31.8 Å². The Morgan fingerprint density at radius 3 is 2.94 bits per heavy atom. The zero-order valence-electron chi connectivity index (χ0n) is 10.1. The first-order valence-corrected chi connectivity index (χ1v) is 6.06. The lowest BCUT2D eigenvalue weighted by molar-refractivity contribution is 0.266. The van der Waals surface area contributed by atoms with Crippen LogP contribution in [0.15, 0.2) is 18.2 Å². The van der Waals surface area contributed by atoms with Crippen molar-refractivity contribution in [3.63, 3.8) is 0 Å². The lowest BCUT2D eigenvalue weighted by atomic mass is 10.1. The molecule has 1 aliphatic rings. The van der Waals surface area contributed by atoms with E-state index < -0.39 is 0 Å². The Morgan fingerprint density at radius 2 is 2.35 bits per heavy atom. The third-order valence-corrected chi connectivity index (χ3v) is 3.39. The van der Waals surface area contributed by atoms with Gasteiger partial charge in [-0.05, 0) is 37.5 Å². The van der Waals surface area contributed by atoms with Crippen LogP contribution in [-0.2, 0) is 0 Å². The molecule has 2 unspecified atom stereocenters. The normalized spacial score (nSPS) is 21.9. The molecule has 0 amide bonds. The lowest BCUT2D eigenvalue weighted by Gasteiger charge is -2.26. The van der Waals surface area contributed by atoms with Crippen molar-refractivity contribution in [1.29, 1.82) is 0 Å². The molecule has 0 saturated carbocycles. The Labute approximate surface area is 101 Å². The lowest BCUT2D eigenvalue weighted by Crippen LogP contribution is -2.32. The van der Waals surface area contributed by atoms with E-state index in [4.69, 9.17) is 5.73 Å². The van der Waals surface area contributed by atoms with Gasteiger partial charge in [-0.2, -0.15) is 0 Å². The highest BCUT2D eigenvalue weighted by atomic mass is 19.1. The largest absolute Gasteiger partial charge is 0.394 e. The molecule has 3 nitrogen and oxygen atoms in total. The fourth-order valence-electron chi connectivity index (χ4n) is 2.38. The molecular formula is C13H19FN2O. The van der Waals surface area contributed by atoms with Crippen LogP contribution < -0.4 is 10.6 Å². The molecule has 1 aromatic rings. The molecule has 0 bridgehead atoms. The SMILES string of the molecule is CC(N)c1ccc(N2CCCC2CO)c(F)c1. The highest BCUT2D eigenvalue weighted by Gasteiger charge is 2.26. The van der Waals surface area contributed by atoms with Crippen LogP contribution in [0.5, 0.6) is 0 Å². The van der Waals surface area contributed by atoms with Gasteiger partial charge in [-0.25, -0.2) is 4.39 Å². The van der Waals surface area contributed by atoms with Crippen LogP contribution in [0.1, 0.15) is 31.4 Å². The zero-order valence-corrected chi connectivity index (χ0v) is 10.1. The molecule has 2 atom stereocenters. The van der Waals surface area contributed by atoms with Crippen LogP contribution in [0.4, 0.5) is 10.1 Å². The first kappa shape index (κ1) is 12.3. The van der Waals surface area contributed by atoms with Crippen molar-refractivity contribution >= 4 is 5.69 Å². The number of anilines is 1. The second-order valence-corrected chi connectivity index (χ2v) is 4.67. The predicted molar refractivity (Wildman–Crippen MR) is 66.5 cm³/mol. The summed E-state index contributed by atoms with van der Waals surface area (Å²) in [5, 5.41) is 9.25. The van der Waals surface area contributed by atoms with Gasteiger partial charge in [0.2, 0.25) is 0 Å². The Kier molecular flexibility index (Phi) is 3.64. The fourth-order valence-corrected chi connectivity index (χ4v) is 2.38. The minimum Gasteiger partial charge on any atom is -0.394 e. The maximum Gasteiger partial charge on any atom is 0.146 e. The second kappa shape index (κ2) is 5.02. The van der Waals surface area contributed by atoms with Crippen molar-refractivity contribution in [3.8, 4) is 0 Å². The number of rotatable bonds is 3. The monoisotopic (exact) mass is 238 g/mol. The van der Waals surface area contributed by atoms with E-state index in [1.54, 1.807) is 6.07 Å². The second-order valence-electron chi connectivity index (χ2n) is 4.67. The highest BCUT2D eigenvalue weighted by Crippen LogP contribution is 2.29. The molecule has 94 valence electrons. The van der Waals surface area contributed by atoms with Crippen LogP contribution in [-0.4, -0.2) is 24.3 Å². The molecule has 4 heteroatoms. The minimum atomic E-state index is -0.250. The van der Waals surface area contributed by atoms with Crippen molar-refractivity contribution in [2.75, 3.05) is 18.1 Å². The number of aliphatic hydroxyl groups excluding tert-OH is 1. The van der Waals surface area contributed by atoms with E-state index in [0.29, 0.717) is 5.69 Å². The highest BCUT2D eigenvalue weighted by molar-refractivity contribution is 5.51. The van der Waals surface area contributed by atoms with Crippen molar-refractivity contribution < 1.29 is 9.50 Å². The summed E-state index contributed by atoms with van der Waals surface area (Å²) < 4.78 is 14.0. The molecular weight excluding hydrogens is 219 g/mol. The van der Waals surface area contributed by atoms with E-state index in [1.165, 1.54) is 6.07 Å². The van der Waals surface area contributed by atoms with Gasteiger partial charge < -0.3 is 15.7 Å². The van der Waals surface area contributed by atoms with Crippen LogP contribution in [0, 0.1) is 5.82 Å². The van der Waals surface area contributed by atoms with Crippen molar-refractivity contribution in [1.82, 2.24) is 0 Å². The van der Waals surface area contributed by atoms with E-state index >= 15 is 0 Å². The Balaban J connectivity index is 2.27. The molecule has 0 radical (unpaired) electrons. The first-order valence-electron chi connectivity index (χ1n) is 6.06. The fraction of sp³-hybridized carbons (Fsp3) is 0.538. The van der Waals surface area contributed by atoms with E-state index in [-0.39, 0.29) is 24.5 Å². The van der Waals surface area contributed by atoms with Gasteiger partial charge in [0.25, 0.3) is 0 Å². The number of halogens is 1. The molecule has 1 aliphatic heterocycles. The van der Waals surface area contributed by atoms with E-state index in [1.807, 2.05) is 17.9 Å². The summed E-state index contributed by atoms with van der Waals surface area (Å²) in [6.07, 6.45) is 1.92. The maximum absolute atomic E-state index is 14.0. The Hall–Kier alpha value is -1.13. The quantitative estimate of drug-likeness (QED) is 0.844. The predicted octanol–water partition coefficient (Wildman–Crippen LogP) is 1.81. The number of benzene rings is 1. The van der Waals surface area contributed by atoms with Gasteiger partial charge >= 0.3 is 0 Å². The van der Waals surface area contributed by atoms with Gasteiger partial charge in [-0.3, -0.25) is 0 Å². The van der Waals surface area contributed by atoms with Crippen molar-refractivity contribution in [2.24, 2.45) is 5.73 Å². The molecule has 0 aromatic heterocycles. The number of hydrogen-bond acceptors (Lipinski definition) is 3. The topological polar surface area (TPSA) is 49.5 Å². The van der Waals surface area contributed by atoms with E-state index in [9.17, 15) is 9.50 Å². The average molecular weight is 238 g/mol. The summed E-state index contributed by atoms with van der Waals surface area (Å²) in [5.41, 5.74) is 7.09. The summed E-state index contributed by atoms with van der Waals surface area (Å²) in [6.45, 7) is 2.72. The molecule has 1 aromatic carbocycles. The summed E-state index contributed by atoms with van der Waals surface area (Å²) in [6, 6.07) is 5.00. The van der Waals surface area contributed by atoms with E-state index in [2.05, 4.69) is 0 Å². The first-order chi connectivity index (χ1) is 8.13. The van der Waals surface area contributed by atoms with Gasteiger partial charge in [-0.1, -0.05) is 6.07 Å². The third kappa shape index (κ3) is 2.42. The molecule has 2 rings (SSSR count). The number of nitrogens with zero attached hydrogens (tertiary/aromatic N) is 1. The molecule has 1 saturated heterocycles. The summed E-state index contributed by atoms with van der Waals surface area (Å²) in [5.74, 6) is -0.250. The van der Waals surface area contributed by atoms with Gasteiger partial charge in [-0.15, -0.1) is 0 Å².